The highest BCUT2D eigenvalue weighted by Crippen LogP contribution is 2.35. The molecule has 0 radical (unpaired) electrons. The number of carbonyl (C=O) groups excluding carboxylic acids is 1. The quantitative estimate of drug-likeness (QED) is 0.905. The number of piperidine rings is 1. The monoisotopic (exact) mass is 357 g/mol. The molecule has 7 nitrogen and oxygen atoms in total. The van der Waals surface area contributed by atoms with Crippen LogP contribution in [0.15, 0.2) is 29.0 Å². The fourth-order valence-corrected chi connectivity index (χ4v) is 3.51. The van der Waals surface area contributed by atoms with E-state index in [4.69, 9.17) is 13.9 Å². The average Bonchev–Trinajstić information content (AvgIpc) is 3.18. The summed E-state index contributed by atoms with van der Waals surface area (Å²) >= 11 is 0. The van der Waals surface area contributed by atoms with E-state index >= 15 is 0 Å². The molecule has 0 bridgehead atoms. The number of likely N-dealkylation sites (tertiary alicyclic amines) is 1. The Kier molecular flexibility index (Phi) is 4.79. The third-order valence-electron chi connectivity index (χ3n) is 4.87. The second kappa shape index (κ2) is 7.37. The second-order valence-electron chi connectivity index (χ2n) is 6.59. The fourth-order valence-electron chi connectivity index (χ4n) is 3.51. The maximum absolute atomic E-state index is 12.7. The fraction of sp³-hybridized carbons (Fsp3) is 0.474. The van der Waals surface area contributed by atoms with E-state index < -0.39 is 0 Å². The van der Waals surface area contributed by atoms with E-state index in [1.165, 1.54) is 6.39 Å². The third kappa shape index (κ3) is 3.39. The zero-order valence-corrected chi connectivity index (χ0v) is 14.9. The first kappa shape index (κ1) is 16.9. The van der Waals surface area contributed by atoms with Crippen LogP contribution in [0.3, 0.4) is 0 Å². The number of fused-ring (bicyclic) bond motifs is 1. The predicted molar refractivity (Wildman–Crippen MR) is 95.5 cm³/mol. The van der Waals surface area contributed by atoms with Crippen LogP contribution in [-0.4, -0.2) is 54.7 Å². The summed E-state index contributed by atoms with van der Waals surface area (Å²) in [5.41, 5.74) is 1.05. The molecule has 0 aliphatic carbocycles. The lowest BCUT2D eigenvalue weighted by Crippen LogP contribution is -2.47. The maximum Gasteiger partial charge on any atom is 0.274 e. The van der Waals surface area contributed by atoms with E-state index in [0.29, 0.717) is 36.2 Å². The van der Waals surface area contributed by atoms with E-state index in [1.807, 2.05) is 18.2 Å². The van der Waals surface area contributed by atoms with Crippen LogP contribution in [-0.2, 0) is 0 Å². The van der Waals surface area contributed by atoms with Crippen molar-refractivity contribution in [3.63, 3.8) is 0 Å². The summed E-state index contributed by atoms with van der Waals surface area (Å²) in [5.74, 6) is 1.60. The minimum absolute atomic E-state index is 0.140. The van der Waals surface area contributed by atoms with Crippen LogP contribution < -0.4 is 14.8 Å². The van der Waals surface area contributed by atoms with Crippen LogP contribution in [0.4, 0.5) is 0 Å². The topological polar surface area (TPSA) is 76.8 Å². The standard InChI is InChI=1S/C19H23N3O4/c1-2-22-7-3-4-14(11-22)21-19(23)17-18(26-12-20-17)13-5-6-15-16(10-13)25-9-8-24-15/h5-6,10,12,14H,2-4,7-9,11H2,1H3,(H,21,23). The Bertz CT molecular complexity index is 789. The molecule has 138 valence electrons. The van der Waals surface area contributed by atoms with Gasteiger partial charge in [-0.25, -0.2) is 4.98 Å². The number of nitrogens with one attached hydrogen (secondary N) is 1. The first-order chi connectivity index (χ1) is 12.7. The number of amides is 1. The molecular weight excluding hydrogens is 334 g/mol. The Hall–Kier alpha value is -2.54. The first-order valence-corrected chi connectivity index (χ1v) is 9.11. The molecule has 2 aliphatic rings. The van der Waals surface area contributed by atoms with Crippen molar-refractivity contribution in [3.8, 4) is 22.8 Å². The number of carbonyl (C=O) groups is 1. The van der Waals surface area contributed by atoms with Crippen LogP contribution in [0.5, 0.6) is 11.5 Å². The Morgan fingerprint density at radius 1 is 1.31 bits per heavy atom. The Labute approximate surface area is 152 Å². The van der Waals surface area contributed by atoms with Crippen LogP contribution in [0.1, 0.15) is 30.3 Å². The molecule has 1 aromatic carbocycles. The molecule has 1 amide bonds. The molecule has 7 heteroatoms. The second-order valence-corrected chi connectivity index (χ2v) is 6.59. The number of oxazole rings is 1. The molecule has 1 atom stereocenters. The molecular formula is C19H23N3O4. The zero-order chi connectivity index (χ0) is 17.9. The smallest absolute Gasteiger partial charge is 0.274 e. The number of nitrogens with zero attached hydrogens (tertiary/aromatic N) is 2. The molecule has 4 rings (SSSR count). The molecule has 0 saturated carbocycles. The lowest BCUT2D eigenvalue weighted by atomic mass is 10.0. The number of benzene rings is 1. The number of hydrogen-bond acceptors (Lipinski definition) is 6. The summed E-state index contributed by atoms with van der Waals surface area (Å²) in [5, 5.41) is 3.10. The molecule has 3 heterocycles. The van der Waals surface area contributed by atoms with Crippen molar-refractivity contribution in [2.75, 3.05) is 32.8 Å². The Morgan fingerprint density at radius 2 is 2.15 bits per heavy atom. The van der Waals surface area contributed by atoms with E-state index in [9.17, 15) is 4.79 Å². The zero-order valence-electron chi connectivity index (χ0n) is 14.9. The highest BCUT2D eigenvalue weighted by atomic mass is 16.6. The maximum atomic E-state index is 12.7. The lowest BCUT2D eigenvalue weighted by molar-refractivity contribution is 0.0901. The summed E-state index contributed by atoms with van der Waals surface area (Å²) < 4.78 is 16.7. The molecule has 1 fully saturated rings. The van der Waals surface area contributed by atoms with Crippen molar-refractivity contribution >= 4 is 5.91 Å². The highest BCUT2D eigenvalue weighted by molar-refractivity contribution is 5.97. The van der Waals surface area contributed by atoms with Crippen molar-refractivity contribution in [2.45, 2.75) is 25.8 Å². The van der Waals surface area contributed by atoms with Gasteiger partial charge in [-0.1, -0.05) is 6.92 Å². The van der Waals surface area contributed by atoms with Gasteiger partial charge in [0.25, 0.3) is 5.91 Å². The minimum atomic E-state index is -0.202. The van der Waals surface area contributed by atoms with Gasteiger partial charge in [0.05, 0.1) is 0 Å². The van der Waals surface area contributed by atoms with Crippen molar-refractivity contribution in [2.24, 2.45) is 0 Å². The number of ether oxygens (including phenoxy) is 2. The number of aromatic nitrogens is 1. The van der Waals surface area contributed by atoms with Crippen molar-refractivity contribution in [3.05, 3.63) is 30.3 Å². The van der Waals surface area contributed by atoms with Crippen LogP contribution >= 0.6 is 0 Å². The molecule has 1 N–H and O–H groups in total. The van der Waals surface area contributed by atoms with Gasteiger partial charge in [-0.2, -0.15) is 0 Å². The normalized spacial score (nSPS) is 20.0. The molecule has 2 aliphatic heterocycles. The van der Waals surface area contributed by atoms with Gasteiger partial charge in [0.1, 0.15) is 13.2 Å². The lowest BCUT2D eigenvalue weighted by Gasteiger charge is -2.32. The molecule has 1 saturated heterocycles. The van der Waals surface area contributed by atoms with E-state index in [0.717, 1.165) is 38.0 Å². The number of likely N-dealkylation sites (N-methyl/N-ethyl adjacent to an activating group) is 1. The summed E-state index contributed by atoms with van der Waals surface area (Å²) in [7, 11) is 0. The SMILES string of the molecule is CCN1CCCC(NC(=O)c2ncoc2-c2ccc3c(c2)OCCO3)C1. The van der Waals surface area contributed by atoms with Crippen molar-refractivity contribution in [1.82, 2.24) is 15.2 Å². The summed E-state index contributed by atoms with van der Waals surface area (Å²) in [4.78, 5) is 19.2. The Morgan fingerprint density at radius 3 is 3.00 bits per heavy atom. The van der Waals surface area contributed by atoms with Gasteiger partial charge < -0.3 is 24.1 Å². The largest absolute Gasteiger partial charge is 0.486 e. The third-order valence-corrected chi connectivity index (χ3v) is 4.87. The predicted octanol–water partition coefficient (Wildman–Crippen LogP) is 2.33. The van der Waals surface area contributed by atoms with Crippen molar-refractivity contribution < 1.29 is 18.7 Å². The van der Waals surface area contributed by atoms with Gasteiger partial charge >= 0.3 is 0 Å². The van der Waals surface area contributed by atoms with Gasteiger partial charge in [-0.05, 0) is 44.1 Å². The van der Waals surface area contributed by atoms with E-state index in [2.05, 4.69) is 22.1 Å². The minimum Gasteiger partial charge on any atom is -0.486 e. The van der Waals surface area contributed by atoms with E-state index in [1.54, 1.807) is 0 Å². The number of hydrogen-bond donors (Lipinski definition) is 1. The first-order valence-electron chi connectivity index (χ1n) is 9.11. The van der Waals surface area contributed by atoms with Gasteiger partial charge in [0, 0.05) is 18.2 Å². The van der Waals surface area contributed by atoms with Gasteiger partial charge in [-0.3, -0.25) is 4.79 Å². The van der Waals surface area contributed by atoms with Crippen LogP contribution in [0.2, 0.25) is 0 Å². The highest BCUT2D eigenvalue weighted by Gasteiger charge is 2.25. The molecule has 1 unspecified atom stereocenters. The molecule has 2 aromatic rings. The van der Waals surface area contributed by atoms with E-state index in [-0.39, 0.29) is 11.9 Å². The van der Waals surface area contributed by atoms with Crippen LogP contribution in [0, 0.1) is 0 Å². The Balaban J connectivity index is 1.52. The van der Waals surface area contributed by atoms with Crippen molar-refractivity contribution in [1.29, 1.82) is 0 Å². The number of rotatable bonds is 4. The van der Waals surface area contributed by atoms with Gasteiger partial charge in [0.2, 0.25) is 0 Å². The molecule has 0 spiro atoms. The summed E-state index contributed by atoms with van der Waals surface area (Å²) in [6.07, 6.45) is 3.38. The average molecular weight is 357 g/mol. The van der Waals surface area contributed by atoms with Gasteiger partial charge in [-0.15, -0.1) is 0 Å². The van der Waals surface area contributed by atoms with Crippen LogP contribution in [0.25, 0.3) is 11.3 Å². The molecule has 1 aromatic heterocycles. The summed E-state index contributed by atoms with van der Waals surface area (Å²) in [6, 6.07) is 5.64. The summed E-state index contributed by atoms with van der Waals surface area (Å²) in [6.45, 7) is 6.16. The molecule has 26 heavy (non-hydrogen) atoms. The van der Waals surface area contributed by atoms with Gasteiger partial charge in [0.15, 0.2) is 29.3 Å².